The molecule has 0 fully saturated rings. The number of benzene rings is 2. The van der Waals surface area contributed by atoms with Gasteiger partial charge in [-0.1, -0.05) is 37.3 Å². The predicted molar refractivity (Wildman–Crippen MR) is 78.1 cm³/mol. The number of aryl methyl sites for hydroxylation is 1. The molecule has 2 aromatic rings. The number of rotatable bonds is 4. The largest absolute Gasteiger partial charge is 0.508 e. The molecule has 0 unspecified atom stereocenters. The summed E-state index contributed by atoms with van der Waals surface area (Å²) < 4.78 is 4.62. The van der Waals surface area contributed by atoms with Crippen molar-refractivity contribution in [3.05, 3.63) is 64.7 Å². The fourth-order valence-electron chi connectivity index (χ4n) is 2.07. The highest BCUT2D eigenvalue weighted by molar-refractivity contribution is 5.89. The maximum absolute atomic E-state index is 11.4. The zero-order valence-electron chi connectivity index (χ0n) is 11.7. The second kappa shape index (κ2) is 6.24. The van der Waals surface area contributed by atoms with Crippen LogP contribution in [0.4, 0.5) is 0 Å². The maximum Gasteiger partial charge on any atom is 0.337 e. The fraction of sp³-hybridized carbons (Fsp3) is 0.235. The molecular formula is C17H18O3. The van der Waals surface area contributed by atoms with Crippen LogP contribution in [-0.2, 0) is 17.6 Å². The average molecular weight is 270 g/mol. The molecule has 0 saturated carbocycles. The maximum atomic E-state index is 11.4. The summed E-state index contributed by atoms with van der Waals surface area (Å²) in [7, 11) is 1.32. The molecule has 0 spiro atoms. The Hall–Kier alpha value is -2.29. The highest BCUT2D eigenvalue weighted by Gasteiger charge is 2.09. The lowest BCUT2D eigenvalue weighted by Crippen LogP contribution is -2.01. The van der Waals surface area contributed by atoms with Crippen molar-refractivity contribution in [2.24, 2.45) is 0 Å². The molecule has 3 nitrogen and oxygen atoms in total. The zero-order chi connectivity index (χ0) is 14.5. The highest BCUT2D eigenvalue weighted by atomic mass is 16.5. The Labute approximate surface area is 118 Å². The Bertz CT molecular complexity index is 600. The minimum atomic E-state index is -0.445. The lowest BCUT2D eigenvalue weighted by molar-refractivity contribution is 0.0600. The summed E-state index contributed by atoms with van der Waals surface area (Å²) in [5.41, 5.74) is 3.57. The van der Waals surface area contributed by atoms with Gasteiger partial charge in [-0.25, -0.2) is 4.79 Å². The monoisotopic (exact) mass is 270 g/mol. The number of carbonyl (C=O) groups is 1. The Balaban J connectivity index is 2.18. The molecule has 0 aliphatic rings. The van der Waals surface area contributed by atoms with Crippen molar-refractivity contribution in [3.63, 3.8) is 0 Å². The van der Waals surface area contributed by atoms with Crippen molar-refractivity contribution in [3.8, 4) is 5.75 Å². The second-order valence-electron chi connectivity index (χ2n) is 4.68. The van der Waals surface area contributed by atoms with Crippen LogP contribution in [-0.4, -0.2) is 18.2 Å². The number of methoxy groups -OCH3 is 1. The normalized spacial score (nSPS) is 10.3. The van der Waals surface area contributed by atoms with Gasteiger partial charge in [0.15, 0.2) is 0 Å². The first kappa shape index (κ1) is 14.1. The summed E-state index contributed by atoms with van der Waals surface area (Å²) in [6.07, 6.45) is 1.65. The second-order valence-corrected chi connectivity index (χ2v) is 4.68. The first-order valence-electron chi connectivity index (χ1n) is 6.62. The molecule has 2 aromatic carbocycles. The molecule has 0 atom stereocenters. The predicted octanol–water partition coefficient (Wildman–Crippen LogP) is 3.33. The van der Waals surface area contributed by atoms with Gasteiger partial charge in [-0.3, -0.25) is 0 Å². The van der Waals surface area contributed by atoms with Gasteiger partial charge in [0, 0.05) is 6.42 Å². The molecule has 2 rings (SSSR count). The van der Waals surface area contributed by atoms with Gasteiger partial charge in [-0.15, -0.1) is 0 Å². The lowest BCUT2D eigenvalue weighted by atomic mass is 10.0. The van der Waals surface area contributed by atoms with Gasteiger partial charge in [-0.05, 0) is 35.2 Å². The summed E-state index contributed by atoms with van der Waals surface area (Å²) in [5.74, 6) is -0.327. The lowest BCUT2D eigenvalue weighted by Gasteiger charge is -2.07. The smallest absolute Gasteiger partial charge is 0.337 e. The molecule has 3 heteroatoms. The zero-order valence-corrected chi connectivity index (χ0v) is 11.7. The van der Waals surface area contributed by atoms with Crippen LogP contribution in [0.3, 0.4) is 0 Å². The number of esters is 1. The van der Waals surface area contributed by atoms with Gasteiger partial charge in [0.25, 0.3) is 0 Å². The standard InChI is InChI=1S/C17H18O3/c1-3-12-4-6-13(7-5-12)10-14-8-9-15(11-16(14)18)17(19)20-2/h4-9,11,18H,3,10H2,1-2H3. The summed E-state index contributed by atoms with van der Waals surface area (Å²) >= 11 is 0. The summed E-state index contributed by atoms with van der Waals surface area (Å²) in [5, 5.41) is 9.99. The van der Waals surface area contributed by atoms with E-state index in [-0.39, 0.29) is 5.75 Å². The van der Waals surface area contributed by atoms with Gasteiger partial charge in [0.2, 0.25) is 0 Å². The Morgan fingerprint density at radius 2 is 1.75 bits per heavy atom. The van der Waals surface area contributed by atoms with Crippen LogP contribution in [0.2, 0.25) is 0 Å². The van der Waals surface area contributed by atoms with E-state index in [1.54, 1.807) is 12.1 Å². The first-order valence-corrected chi connectivity index (χ1v) is 6.62. The topological polar surface area (TPSA) is 46.5 Å². The Kier molecular flexibility index (Phi) is 4.41. The SMILES string of the molecule is CCc1ccc(Cc2ccc(C(=O)OC)cc2O)cc1. The average Bonchev–Trinajstić information content (AvgIpc) is 2.49. The quantitative estimate of drug-likeness (QED) is 0.867. The highest BCUT2D eigenvalue weighted by Crippen LogP contribution is 2.22. The van der Waals surface area contributed by atoms with E-state index in [0.29, 0.717) is 12.0 Å². The van der Waals surface area contributed by atoms with Crippen LogP contribution in [0.5, 0.6) is 5.75 Å². The van der Waals surface area contributed by atoms with Crippen molar-refractivity contribution < 1.29 is 14.6 Å². The first-order chi connectivity index (χ1) is 9.63. The molecule has 0 radical (unpaired) electrons. The molecule has 0 saturated heterocycles. The van der Waals surface area contributed by atoms with Crippen LogP contribution < -0.4 is 0 Å². The number of hydrogen-bond acceptors (Lipinski definition) is 3. The van der Waals surface area contributed by atoms with E-state index in [1.807, 2.05) is 0 Å². The van der Waals surface area contributed by atoms with Crippen molar-refractivity contribution in [2.75, 3.05) is 7.11 Å². The fourth-order valence-corrected chi connectivity index (χ4v) is 2.07. The van der Waals surface area contributed by atoms with Crippen molar-refractivity contribution >= 4 is 5.97 Å². The molecule has 0 heterocycles. The van der Waals surface area contributed by atoms with E-state index in [0.717, 1.165) is 17.5 Å². The number of hydrogen-bond donors (Lipinski definition) is 1. The van der Waals surface area contributed by atoms with Crippen LogP contribution in [0.15, 0.2) is 42.5 Å². The van der Waals surface area contributed by atoms with E-state index in [1.165, 1.54) is 18.7 Å². The number of phenolic OH excluding ortho intramolecular Hbond substituents is 1. The number of phenols is 1. The van der Waals surface area contributed by atoms with E-state index in [9.17, 15) is 9.90 Å². The summed E-state index contributed by atoms with van der Waals surface area (Å²) in [6.45, 7) is 2.12. The van der Waals surface area contributed by atoms with Gasteiger partial charge < -0.3 is 9.84 Å². The summed E-state index contributed by atoms with van der Waals surface area (Å²) in [6, 6.07) is 13.2. The van der Waals surface area contributed by atoms with Gasteiger partial charge in [-0.2, -0.15) is 0 Å². The molecule has 0 aliphatic carbocycles. The Morgan fingerprint density at radius 1 is 1.10 bits per heavy atom. The van der Waals surface area contributed by atoms with Gasteiger partial charge in [0.1, 0.15) is 5.75 Å². The number of aromatic hydroxyl groups is 1. The van der Waals surface area contributed by atoms with Gasteiger partial charge >= 0.3 is 5.97 Å². The van der Waals surface area contributed by atoms with E-state index in [4.69, 9.17) is 0 Å². The Morgan fingerprint density at radius 3 is 2.30 bits per heavy atom. The minimum absolute atomic E-state index is 0.118. The molecule has 0 bridgehead atoms. The minimum Gasteiger partial charge on any atom is -0.508 e. The molecular weight excluding hydrogens is 252 g/mol. The number of ether oxygens (including phenoxy) is 1. The third-order valence-corrected chi connectivity index (χ3v) is 3.33. The van der Waals surface area contributed by atoms with E-state index < -0.39 is 5.97 Å². The molecule has 20 heavy (non-hydrogen) atoms. The van der Waals surface area contributed by atoms with Crippen LogP contribution in [0.25, 0.3) is 0 Å². The van der Waals surface area contributed by atoms with Crippen LogP contribution >= 0.6 is 0 Å². The summed E-state index contributed by atoms with van der Waals surface area (Å²) in [4.78, 5) is 11.4. The van der Waals surface area contributed by atoms with Crippen LogP contribution in [0, 0.1) is 0 Å². The van der Waals surface area contributed by atoms with Crippen molar-refractivity contribution in [2.45, 2.75) is 19.8 Å². The van der Waals surface area contributed by atoms with E-state index in [2.05, 4.69) is 35.9 Å². The van der Waals surface area contributed by atoms with Crippen molar-refractivity contribution in [1.29, 1.82) is 0 Å². The van der Waals surface area contributed by atoms with Crippen LogP contribution in [0.1, 0.15) is 34.0 Å². The van der Waals surface area contributed by atoms with Crippen molar-refractivity contribution in [1.82, 2.24) is 0 Å². The molecule has 0 aromatic heterocycles. The third-order valence-electron chi connectivity index (χ3n) is 3.33. The molecule has 0 aliphatic heterocycles. The van der Waals surface area contributed by atoms with Gasteiger partial charge in [0.05, 0.1) is 12.7 Å². The molecule has 0 amide bonds. The molecule has 1 N–H and O–H groups in total. The third kappa shape index (κ3) is 3.18. The number of carbonyl (C=O) groups excluding carboxylic acids is 1. The van der Waals surface area contributed by atoms with E-state index >= 15 is 0 Å². The molecule has 104 valence electrons.